The largest absolute Gasteiger partial charge is 0.481 e. The second-order valence-electron chi connectivity index (χ2n) is 5.58. The van der Waals surface area contributed by atoms with Crippen LogP contribution in [0, 0.1) is 5.92 Å². The monoisotopic (exact) mass is 242 g/mol. The number of nitrogens with one attached hydrogen (secondary N) is 1. The van der Waals surface area contributed by atoms with E-state index in [9.17, 15) is 4.79 Å². The molecule has 2 N–H and O–H groups in total. The second-order valence-corrected chi connectivity index (χ2v) is 5.58. The highest BCUT2D eigenvalue weighted by atomic mass is 16.4. The lowest BCUT2D eigenvalue weighted by atomic mass is 9.84. The number of hydrogen-bond acceptors (Lipinski definition) is 3. The quantitative estimate of drug-likeness (QED) is 0.742. The lowest BCUT2D eigenvalue weighted by Crippen LogP contribution is -2.54. The van der Waals surface area contributed by atoms with E-state index in [4.69, 9.17) is 5.11 Å². The van der Waals surface area contributed by atoms with E-state index in [2.05, 4.69) is 24.1 Å². The normalized spacial score (nSPS) is 20.7. The van der Waals surface area contributed by atoms with Crippen molar-refractivity contribution in [3.05, 3.63) is 0 Å². The average Bonchev–Trinajstić information content (AvgIpc) is 2.20. The van der Waals surface area contributed by atoms with Crippen LogP contribution < -0.4 is 5.32 Å². The Bertz CT molecular complexity index is 246. The summed E-state index contributed by atoms with van der Waals surface area (Å²) in [7, 11) is 0. The number of likely N-dealkylation sites (tertiary alicyclic amines) is 1. The Morgan fingerprint density at radius 1 is 1.41 bits per heavy atom. The van der Waals surface area contributed by atoms with Gasteiger partial charge in [-0.05, 0) is 38.4 Å². The van der Waals surface area contributed by atoms with E-state index in [-0.39, 0.29) is 12.0 Å². The first kappa shape index (κ1) is 14.5. The van der Waals surface area contributed by atoms with E-state index in [1.54, 1.807) is 0 Å². The van der Waals surface area contributed by atoms with Gasteiger partial charge in [0.05, 0.1) is 6.42 Å². The van der Waals surface area contributed by atoms with Crippen molar-refractivity contribution >= 4 is 5.97 Å². The standard InChI is InChI=1S/C13H26N2O2/c1-4-14-13(9-12(16)17)5-7-15(8-6-13)10-11(2)3/h11,14H,4-10H2,1-3H3,(H,16,17). The fourth-order valence-corrected chi connectivity index (χ4v) is 2.76. The van der Waals surface area contributed by atoms with Crippen LogP contribution in [0.1, 0.15) is 40.0 Å². The summed E-state index contributed by atoms with van der Waals surface area (Å²) < 4.78 is 0. The summed E-state index contributed by atoms with van der Waals surface area (Å²) in [5.41, 5.74) is -0.173. The van der Waals surface area contributed by atoms with Gasteiger partial charge >= 0.3 is 5.97 Å². The van der Waals surface area contributed by atoms with Gasteiger partial charge in [-0.15, -0.1) is 0 Å². The first-order chi connectivity index (χ1) is 7.97. The van der Waals surface area contributed by atoms with Crippen LogP contribution >= 0.6 is 0 Å². The Hall–Kier alpha value is -0.610. The molecular weight excluding hydrogens is 216 g/mol. The third kappa shape index (κ3) is 4.64. The number of rotatable bonds is 6. The van der Waals surface area contributed by atoms with Gasteiger partial charge in [-0.25, -0.2) is 0 Å². The maximum absolute atomic E-state index is 11.0. The molecule has 1 aliphatic rings. The van der Waals surface area contributed by atoms with E-state index in [1.165, 1.54) is 0 Å². The molecule has 100 valence electrons. The van der Waals surface area contributed by atoms with Gasteiger partial charge in [-0.2, -0.15) is 0 Å². The summed E-state index contributed by atoms with van der Waals surface area (Å²) in [6.07, 6.45) is 2.13. The lowest BCUT2D eigenvalue weighted by molar-refractivity contribution is -0.139. The van der Waals surface area contributed by atoms with Crippen molar-refractivity contribution in [2.45, 2.75) is 45.6 Å². The summed E-state index contributed by atoms with van der Waals surface area (Å²) >= 11 is 0. The molecule has 1 heterocycles. The average molecular weight is 242 g/mol. The summed E-state index contributed by atoms with van der Waals surface area (Å²) in [6.45, 7) is 10.5. The van der Waals surface area contributed by atoms with Crippen LogP contribution in [0.5, 0.6) is 0 Å². The number of carboxylic acids is 1. The first-order valence-electron chi connectivity index (χ1n) is 6.66. The van der Waals surface area contributed by atoms with Gasteiger partial charge in [0.1, 0.15) is 0 Å². The maximum atomic E-state index is 11.0. The molecule has 1 rings (SSSR count). The molecule has 17 heavy (non-hydrogen) atoms. The Kier molecular flexibility index (Phi) is 5.40. The van der Waals surface area contributed by atoms with Crippen molar-refractivity contribution in [2.24, 2.45) is 5.92 Å². The van der Waals surface area contributed by atoms with E-state index in [0.29, 0.717) is 5.92 Å². The van der Waals surface area contributed by atoms with Crippen LogP contribution in [-0.4, -0.2) is 47.7 Å². The molecule has 0 bridgehead atoms. The zero-order valence-corrected chi connectivity index (χ0v) is 11.3. The minimum Gasteiger partial charge on any atom is -0.481 e. The summed E-state index contributed by atoms with van der Waals surface area (Å²) in [6, 6.07) is 0. The van der Waals surface area contributed by atoms with Gasteiger partial charge in [0.25, 0.3) is 0 Å². The van der Waals surface area contributed by atoms with Crippen molar-refractivity contribution in [2.75, 3.05) is 26.2 Å². The summed E-state index contributed by atoms with van der Waals surface area (Å²) in [5.74, 6) is -0.00984. The smallest absolute Gasteiger partial charge is 0.305 e. The molecule has 4 heteroatoms. The van der Waals surface area contributed by atoms with E-state index < -0.39 is 5.97 Å². The van der Waals surface area contributed by atoms with Gasteiger partial charge < -0.3 is 15.3 Å². The van der Waals surface area contributed by atoms with Gasteiger partial charge in [0.15, 0.2) is 0 Å². The Balaban J connectivity index is 2.51. The van der Waals surface area contributed by atoms with Crippen molar-refractivity contribution in [3.63, 3.8) is 0 Å². The highest BCUT2D eigenvalue weighted by Crippen LogP contribution is 2.26. The molecule has 0 unspecified atom stereocenters. The molecule has 0 radical (unpaired) electrons. The highest BCUT2D eigenvalue weighted by Gasteiger charge is 2.35. The molecule has 1 fully saturated rings. The minimum atomic E-state index is -0.691. The molecule has 0 amide bonds. The van der Waals surface area contributed by atoms with Crippen molar-refractivity contribution < 1.29 is 9.90 Å². The lowest BCUT2D eigenvalue weighted by Gasteiger charge is -2.42. The number of carbonyl (C=O) groups is 1. The summed E-state index contributed by atoms with van der Waals surface area (Å²) in [4.78, 5) is 13.4. The number of carboxylic acid groups (broad SMARTS) is 1. The molecule has 1 aliphatic heterocycles. The van der Waals surface area contributed by atoms with Gasteiger partial charge in [-0.1, -0.05) is 20.8 Å². The van der Waals surface area contributed by atoms with Crippen LogP contribution in [0.25, 0.3) is 0 Å². The maximum Gasteiger partial charge on any atom is 0.305 e. The number of hydrogen-bond donors (Lipinski definition) is 2. The van der Waals surface area contributed by atoms with E-state index in [0.717, 1.165) is 39.0 Å². The Morgan fingerprint density at radius 3 is 2.41 bits per heavy atom. The van der Waals surface area contributed by atoms with Crippen LogP contribution in [0.3, 0.4) is 0 Å². The number of nitrogens with zero attached hydrogens (tertiary/aromatic N) is 1. The van der Waals surface area contributed by atoms with Crippen molar-refractivity contribution in [1.29, 1.82) is 0 Å². The summed E-state index contributed by atoms with van der Waals surface area (Å²) in [5, 5.41) is 12.4. The third-order valence-corrected chi connectivity index (χ3v) is 3.48. The fraction of sp³-hybridized carbons (Fsp3) is 0.923. The Morgan fingerprint density at radius 2 is 2.00 bits per heavy atom. The van der Waals surface area contributed by atoms with E-state index in [1.807, 2.05) is 6.92 Å². The van der Waals surface area contributed by atoms with Crippen LogP contribution in [0.2, 0.25) is 0 Å². The SMILES string of the molecule is CCNC1(CC(=O)O)CCN(CC(C)C)CC1. The fourth-order valence-electron chi connectivity index (χ4n) is 2.76. The van der Waals surface area contributed by atoms with Crippen LogP contribution in [0.15, 0.2) is 0 Å². The zero-order chi connectivity index (χ0) is 12.9. The van der Waals surface area contributed by atoms with Crippen LogP contribution in [-0.2, 0) is 4.79 Å². The van der Waals surface area contributed by atoms with E-state index >= 15 is 0 Å². The highest BCUT2D eigenvalue weighted by molar-refractivity contribution is 5.68. The molecule has 0 aromatic heterocycles. The molecule has 0 atom stereocenters. The predicted octanol–water partition coefficient (Wildman–Crippen LogP) is 1.56. The van der Waals surface area contributed by atoms with Crippen molar-refractivity contribution in [3.8, 4) is 0 Å². The number of aliphatic carboxylic acids is 1. The molecule has 0 saturated carbocycles. The third-order valence-electron chi connectivity index (χ3n) is 3.48. The molecule has 0 aliphatic carbocycles. The second kappa shape index (κ2) is 6.36. The van der Waals surface area contributed by atoms with Crippen LogP contribution in [0.4, 0.5) is 0 Å². The molecule has 0 spiro atoms. The van der Waals surface area contributed by atoms with Gasteiger partial charge in [0, 0.05) is 12.1 Å². The molecular formula is C13H26N2O2. The van der Waals surface area contributed by atoms with Gasteiger partial charge in [0.2, 0.25) is 0 Å². The predicted molar refractivity (Wildman–Crippen MR) is 69.2 cm³/mol. The number of piperidine rings is 1. The molecule has 0 aromatic rings. The topological polar surface area (TPSA) is 52.6 Å². The Labute approximate surface area is 104 Å². The molecule has 4 nitrogen and oxygen atoms in total. The molecule has 0 aromatic carbocycles. The van der Waals surface area contributed by atoms with Gasteiger partial charge in [-0.3, -0.25) is 4.79 Å². The first-order valence-corrected chi connectivity index (χ1v) is 6.66. The molecule has 1 saturated heterocycles. The zero-order valence-electron chi connectivity index (χ0n) is 11.3. The minimum absolute atomic E-state index is 0.173. The van der Waals surface area contributed by atoms with Crippen molar-refractivity contribution in [1.82, 2.24) is 10.2 Å².